The van der Waals surface area contributed by atoms with Gasteiger partial charge in [0.1, 0.15) is 0 Å². The minimum Gasteiger partial charge on any atom is -0.367 e. The molecule has 2 nitrogen and oxygen atoms in total. The van der Waals surface area contributed by atoms with E-state index in [9.17, 15) is 0 Å². The van der Waals surface area contributed by atoms with Crippen molar-refractivity contribution in [2.45, 2.75) is 25.3 Å². The van der Waals surface area contributed by atoms with Crippen LogP contribution in [0, 0.1) is 5.92 Å². The van der Waals surface area contributed by atoms with Gasteiger partial charge in [0.25, 0.3) is 0 Å². The average molecular weight is 214 g/mol. The van der Waals surface area contributed by atoms with Gasteiger partial charge in [-0.2, -0.15) is 0 Å². The monoisotopic (exact) mass is 214 g/mol. The predicted molar refractivity (Wildman–Crippen MR) is 65.0 cm³/mol. The van der Waals surface area contributed by atoms with E-state index in [0.717, 1.165) is 12.5 Å². The van der Waals surface area contributed by atoms with Gasteiger partial charge < -0.3 is 10.2 Å². The molecule has 3 aliphatic heterocycles. The highest BCUT2D eigenvalue weighted by atomic mass is 15.2. The largest absolute Gasteiger partial charge is 0.367 e. The van der Waals surface area contributed by atoms with Crippen molar-refractivity contribution in [3.63, 3.8) is 0 Å². The van der Waals surface area contributed by atoms with Gasteiger partial charge in [0, 0.05) is 24.7 Å². The second kappa shape index (κ2) is 3.24. The lowest BCUT2D eigenvalue weighted by Gasteiger charge is -2.26. The van der Waals surface area contributed by atoms with Crippen LogP contribution in [0.3, 0.4) is 0 Å². The number of hydrogen-bond acceptors (Lipinski definition) is 2. The van der Waals surface area contributed by atoms with Gasteiger partial charge in [-0.1, -0.05) is 18.2 Å². The molecule has 1 N–H and O–H groups in total. The Bertz CT molecular complexity index is 416. The summed E-state index contributed by atoms with van der Waals surface area (Å²) in [6.07, 6.45) is 10.7. The zero-order valence-corrected chi connectivity index (χ0v) is 9.58. The maximum Gasteiger partial charge on any atom is 0.0577 e. The second-order valence-corrected chi connectivity index (χ2v) is 5.30. The molecule has 2 unspecified atom stereocenters. The van der Waals surface area contributed by atoms with Crippen molar-refractivity contribution in [3.05, 3.63) is 35.1 Å². The first-order valence-corrected chi connectivity index (χ1v) is 6.52. The third-order valence-corrected chi connectivity index (χ3v) is 4.52. The summed E-state index contributed by atoms with van der Waals surface area (Å²) in [6, 6.07) is 0.693. The molecule has 2 heteroatoms. The van der Waals surface area contributed by atoms with Crippen molar-refractivity contribution in [1.82, 2.24) is 10.2 Å². The van der Waals surface area contributed by atoms with Crippen molar-refractivity contribution < 1.29 is 0 Å². The predicted octanol–water partition coefficient (Wildman–Crippen LogP) is 1.82. The number of nitrogens with zero attached hydrogens (tertiary/aromatic N) is 1. The molecule has 0 bridgehead atoms. The Hall–Kier alpha value is -1.02. The van der Waals surface area contributed by atoms with E-state index in [1.54, 1.807) is 16.8 Å². The first kappa shape index (κ1) is 9.06. The summed E-state index contributed by atoms with van der Waals surface area (Å²) >= 11 is 0. The van der Waals surface area contributed by atoms with Crippen LogP contribution in [0.15, 0.2) is 35.1 Å². The van der Waals surface area contributed by atoms with Crippen LogP contribution >= 0.6 is 0 Å². The van der Waals surface area contributed by atoms with Crippen LogP contribution < -0.4 is 5.32 Å². The summed E-state index contributed by atoms with van der Waals surface area (Å²) in [5.41, 5.74) is 5.01. The number of allylic oxidation sites excluding steroid dienone is 2. The number of rotatable bonds is 0. The van der Waals surface area contributed by atoms with E-state index < -0.39 is 0 Å². The lowest BCUT2D eigenvalue weighted by Crippen LogP contribution is -2.29. The van der Waals surface area contributed by atoms with Crippen LogP contribution in [0.2, 0.25) is 0 Å². The first-order valence-electron chi connectivity index (χ1n) is 6.52. The summed E-state index contributed by atoms with van der Waals surface area (Å²) in [5, 5.41) is 3.59. The minimum atomic E-state index is 0.693. The Balaban J connectivity index is 1.85. The Morgan fingerprint density at radius 1 is 1.38 bits per heavy atom. The Labute approximate surface area is 96.7 Å². The van der Waals surface area contributed by atoms with Crippen LogP contribution in [0.5, 0.6) is 0 Å². The fraction of sp³-hybridized carbons (Fsp3) is 0.571. The molecular formula is C14H18N2. The number of hydrogen-bond donors (Lipinski definition) is 1. The molecule has 0 spiro atoms. The highest BCUT2D eigenvalue weighted by molar-refractivity contribution is 5.51. The van der Waals surface area contributed by atoms with Crippen molar-refractivity contribution >= 4 is 0 Å². The summed E-state index contributed by atoms with van der Waals surface area (Å²) in [4.78, 5) is 2.70. The standard InChI is InChI=1S/C14H18N2/c1-2-4-13-11(3-1)12-5-7-15-9-10-6-8-16(13)14(10)12/h1-3,10,13,15H,4-9H2. The molecule has 4 rings (SSSR count). The zero-order chi connectivity index (χ0) is 10.5. The molecule has 2 atom stereocenters. The van der Waals surface area contributed by atoms with Gasteiger partial charge in [-0.3, -0.25) is 0 Å². The molecule has 1 fully saturated rings. The van der Waals surface area contributed by atoms with E-state index in [2.05, 4.69) is 28.4 Å². The molecule has 1 aliphatic carbocycles. The number of fused-ring (bicyclic) bond motifs is 3. The SMILES string of the molecule is C1=CCC2C(=C1)C1=C3C(CCN32)CNCC1. The fourth-order valence-electron chi connectivity index (χ4n) is 3.85. The highest BCUT2D eigenvalue weighted by Gasteiger charge is 2.43. The van der Waals surface area contributed by atoms with E-state index in [-0.39, 0.29) is 0 Å². The Morgan fingerprint density at radius 2 is 2.38 bits per heavy atom. The number of nitrogens with one attached hydrogen (secondary N) is 1. The molecule has 4 aliphatic rings. The van der Waals surface area contributed by atoms with E-state index in [1.165, 1.54) is 32.4 Å². The molecule has 0 amide bonds. The van der Waals surface area contributed by atoms with Crippen LogP contribution in [0.4, 0.5) is 0 Å². The maximum atomic E-state index is 3.59. The topological polar surface area (TPSA) is 15.3 Å². The van der Waals surface area contributed by atoms with Crippen molar-refractivity contribution in [3.8, 4) is 0 Å². The van der Waals surface area contributed by atoms with Gasteiger partial charge in [0.05, 0.1) is 6.04 Å². The fourth-order valence-corrected chi connectivity index (χ4v) is 3.85. The van der Waals surface area contributed by atoms with Gasteiger partial charge in [-0.05, 0) is 37.0 Å². The molecular weight excluding hydrogens is 196 g/mol. The summed E-state index contributed by atoms with van der Waals surface area (Å²) in [7, 11) is 0. The third-order valence-electron chi connectivity index (χ3n) is 4.52. The summed E-state index contributed by atoms with van der Waals surface area (Å²) < 4.78 is 0. The highest BCUT2D eigenvalue weighted by Crippen LogP contribution is 2.46. The van der Waals surface area contributed by atoms with Crippen molar-refractivity contribution in [2.24, 2.45) is 5.92 Å². The van der Waals surface area contributed by atoms with Crippen molar-refractivity contribution in [2.75, 3.05) is 19.6 Å². The maximum absolute atomic E-state index is 3.59. The molecule has 3 heterocycles. The van der Waals surface area contributed by atoms with E-state index in [0.29, 0.717) is 6.04 Å². The van der Waals surface area contributed by atoms with E-state index >= 15 is 0 Å². The van der Waals surface area contributed by atoms with Crippen LogP contribution in [-0.2, 0) is 0 Å². The first-order chi connectivity index (χ1) is 7.95. The average Bonchev–Trinajstić information content (AvgIpc) is 2.77. The lowest BCUT2D eigenvalue weighted by atomic mass is 9.91. The van der Waals surface area contributed by atoms with Crippen LogP contribution in [0.25, 0.3) is 0 Å². The Morgan fingerprint density at radius 3 is 3.38 bits per heavy atom. The molecule has 0 aromatic carbocycles. The molecule has 0 aromatic rings. The van der Waals surface area contributed by atoms with Crippen molar-refractivity contribution in [1.29, 1.82) is 0 Å². The normalized spacial score (nSPS) is 36.0. The molecule has 1 saturated heterocycles. The van der Waals surface area contributed by atoms with Gasteiger partial charge >= 0.3 is 0 Å². The molecule has 0 radical (unpaired) electrons. The third kappa shape index (κ3) is 1.06. The van der Waals surface area contributed by atoms with Gasteiger partial charge in [0.2, 0.25) is 0 Å². The summed E-state index contributed by atoms with van der Waals surface area (Å²) in [5.74, 6) is 0.795. The lowest BCUT2D eigenvalue weighted by molar-refractivity contribution is 0.339. The quantitative estimate of drug-likeness (QED) is 0.662. The van der Waals surface area contributed by atoms with Gasteiger partial charge in [-0.25, -0.2) is 0 Å². The molecule has 0 aromatic heterocycles. The van der Waals surface area contributed by atoms with Gasteiger partial charge in [-0.15, -0.1) is 0 Å². The van der Waals surface area contributed by atoms with Crippen LogP contribution in [0.1, 0.15) is 19.3 Å². The van der Waals surface area contributed by atoms with E-state index in [4.69, 9.17) is 0 Å². The second-order valence-electron chi connectivity index (χ2n) is 5.30. The van der Waals surface area contributed by atoms with Crippen LogP contribution in [-0.4, -0.2) is 30.6 Å². The molecule has 16 heavy (non-hydrogen) atoms. The minimum absolute atomic E-state index is 0.693. The Kier molecular flexibility index (Phi) is 1.83. The van der Waals surface area contributed by atoms with E-state index in [1.807, 2.05) is 0 Å². The van der Waals surface area contributed by atoms with Gasteiger partial charge in [0.15, 0.2) is 0 Å². The molecule has 0 saturated carbocycles. The zero-order valence-electron chi connectivity index (χ0n) is 9.58. The smallest absolute Gasteiger partial charge is 0.0577 e. The summed E-state index contributed by atoms with van der Waals surface area (Å²) in [6.45, 7) is 3.64. The molecule has 84 valence electrons.